The van der Waals surface area contributed by atoms with Gasteiger partial charge in [-0.1, -0.05) is 0 Å². The summed E-state index contributed by atoms with van der Waals surface area (Å²) in [5.41, 5.74) is -0.599. The van der Waals surface area contributed by atoms with E-state index in [4.69, 9.17) is 11.0 Å². The number of sulfone groups is 1. The lowest BCUT2D eigenvalue weighted by atomic mass is 10.2. The summed E-state index contributed by atoms with van der Waals surface area (Å²) in [5.74, 6) is -0.612. The molecule has 2 radical (unpaired) electrons. The number of amides is 2. The summed E-state index contributed by atoms with van der Waals surface area (Å²) in [6.07, 6.45) is 4.28. The van der Waals surface area contributed by atoms with Gasteiger partial charge in [0.05, 0.1) is 12.0 Å². The number of nitrogens with one attached hydrogen (secondary N) is 1. The Kier molecular flexibility index (Phi) is 6.98. The molecule has 0 rings (SSSR count). The summed E-state index contributed by atoms with van der Waals surface area (Å²) in [5, 5.41) is 2.49. The van der Waals surface area contributed by atoms with Gasteiger partial charge >= 0.3 is 6.09 Å². The Morgan fingerprint density at radius 3 is 2.20 bits per heavy atom. The molecule has 20 heavy (non-hydrogen) atoms. The first kappa shape index (κ1) is 18.7. The lowest BCUT2D eigenvalue weighted by molar-refractivity contribution is -0.128. The minimum Gasteiger partial charge on any atom is -0.444 e. The van der Waals surface area contributed by atoms with Gasteiger partial charge in [-0.2, -0.15) is 0 Å². The molecule has 0 spiro atoms. The summed E-state index contributed by atoms with van der Waals surface area (Å²) in [4.78, 5) is 24.0. The van der Waals surface area contributed by atoms with E-state index in [1.54, 1.807) is 20.8 Å². The second-order valence-electron chi connectivity index (χ2n) is 5.30. The smallest absolute Gasteiger partial charge is 0.407 e. The highest BCUT2D eigenvalue weighted by atomic mass is 32.2. The number of ether oxygens (including phenoxy) is 1. The SMILES string of the molecule is [CH]S(=O)(=O)CCN(CCNC(=O)OC(C)(C)C)C(C)=O. The fraction of sp³-hybridized carbons (Fsp3) is 0.750. The third-order valence-corrected chi connectivity index (χ3v) is 2.89. The number of nitrogens with zero attached hydrogens (tertiary/aromatic N) is 1. The minimum absolute atomic E-state index is 0.00976. The molecule has 0 unspecified atom stereocenters. The van der Waals surface area contributed by atoms with Gasteiger partial charge in [-0.3, -0.25) is 4.79 Å². The molecule has 7 nitrogen and oxygen atoms in total. The van der Waals surface area contributed by atoms with E-state index >= 15 is 0 Å². The van der Waals surface area contributed by atoms with Gasteiger partial charge in [0.15, 0.2) is 9.84 Å². The Morgan fingerprint density at radius 1 is 1.25 bits per heavy atom. The van der Waals surface area contributed by atoms with Crippen molar-refractivity contribution in [1.29, 1.82) is 0 Å². The Morgan fingerprint density at radius 2 is 1.80 bits per heavy atom. The van der Waals surface area contributed by atoms with E-state index in [1.807, 2.05) is 0 Å². The largest absolute Gasteiger partial charge is 0.444 e. The zero-order valence-corrected chi connectivity index (χ0v) is 13.1. The normalized spacial score (nSPS) is 11.8. The molecular formula is C12H22N2O5S. The van der Waals surface area contributed by atoms with Crippen molar-refractivity contribution < 1.29 is 22.7 Å². The number of carbonyl (C=O) groups is 2. The fourth-order valence-corrected chi connectivity index (χ4v) is 1.75. The first-order chi connectivity index (χ1) is 8.91. The molecular weight excluding hydrogens is 284 g/mol. The molecule has 8 heteroatoms. The van der Waals surface area contributed by atoms with E-state index in [0.717, 1.165) is 0 Å². The van der Waals surface area contributed by atoms with Crippen LogP contribution in [-0.4, -0.2) is 56.3 Å². The molecule has 0 saturated carbocycles. The van der Waals surface area contributed by atoms with Gasteiger partial charge in [0.25, 0.3) is 0 Å². The molecule has 0 aromatic heterocycles. The Bertz CT molecular complexity index is 439. The highest BCUT2D eigenvalue weighted by molar-refractivity contribution is 7.92. The number of rotatable bonds is 6. The van der Waals surface area contributed by atoms with Crippen molar-refractivity contribution in [3.8, 4) is 0 Å². The van der Waals surface area contributed by atoms with Gasteiger partial charge < -0.3 is 15.0 Å². The molecule has 1 N–H and O–H groups in total. The van der Waals surface area contributed by atoms with E-state index in [2.05, 4.69) is 5.32 Å². The van der Waals surface area contributed by atoms with Crippen LogP contribution in [0.4, 0.5) is 4.79 Å². The average Bonchev–Trinajstić information content (AvgIpc) is 2.18. The van der Waals surface area contributed by atoms with Crippen LogP contribution in [-0.2, 0) is 19.4 Å². The van der Waals surface area contributed by atoms with Crippen molar-refractivity contribution in [2.45, 2.75) is 33.3 Å². The third kappa shape index (κ3) is 10.6. The predicted molar refractivity (Wildman–Crippen MR) is 74.6 cm³/mol. The fourth-order valence-electron chi connectivity index (χ4n) is 1.27. The van der Waals surface area contributed by atoms with Crippen molar-refractivity contribution in [1.82, 2.24) is 10.2 Å². The molecule has 0 bridgehead atoms. The molecule has 0 fully saturated rings. The van der Waals surface area contributed by atoms with Crippen LogP contribution in [0.5, 0.6) is 0 Å². The van der Waals surface area contributed by atoms with Crippen molar-refractivity contribution in [3.63, 3.8) is 0 Å². The van der Waals surface area contributed by atoms with Crippen LogP contribution in [0.1, 0.15) is 27.7 Å². The molecule has 0 aromatic carbocycles. The van der Waals surface area contributed by atoms with Gasteiger partial charge in [-0.15, -0.1) is 0 Å². The summed E-state index contributed by atoms with van der Waals surface area (Å²) in [6.45, 7) is 6.87. The van der Waals surface area contributed by atoms with Crippen molar-refractivity contribution >= 4 is 21.8 Å². The topological polar surface area (TPSA) is 92.8 Å². The maximum Gasteiger partial charge on any atom is 0.407 e. The van der Waals surface area contributed by atoms with Crippen molar-refractivity contribution in [3.05, 3.63) is 6.26 Å². The Hall–Kier alpha value is -1.31. The molecule has 0 aromatic rings. The van der Waals surface area contributed by atoms with Crippen LogP contribution in [0.3, 0.4) is 0 Å². The molecule has 0 heterocycles. The summed E-state index contributed by atoms with van der Waals surface area (Å²) >= 11 is 0. The molecule has 116 valence electrons. The molecule has 2 amide bonds. The predicted octanol–water partition coefficient (Wildman–Crippen LogP) is 0.443. The number of hydrogen-bond donors (Lipinski definition) is 1. The van der Waals surface area contributed by atoms with E-state index in [0.29, 0.717) is 0 Å². The number of hydrogen-bond acceptors (Lipinski definition) is 5. The Labute approximate surface area is 120 Å². The van der Waals surface area contributed by atoms with Crippen LogP contribution >= 0.6 is 0 Å². The maximum absolute atomic E-state index is 11.4. The lowest BCUT2D eigenvalue weighted by Gasteiger charge is -2.22. The van der Waals surface area contributed by atoms with Crippen molar-refractivity contribution in [2.24, 2.45) is 0 Å². The van der Waals surface area contributed by atoms with Gasteiger partial charge in [0.1, 0.15) is 5.60 Å². The molecule has 0 saturated heterocycles. The lowest BCUT2D eigenvalue weighted by Crippen LogP contribution is -2.41. The second kappa shape index (κ2) is 7.47. The third-order valence-electron chi connectivity index (χ3n) is 2.14. The minimum atomic E-state index is -3.62. The molecule has 0 aliphatic carbocycles. The van der Waals surface area contributed by atoms with E-state index in [-0.39, 0.29) is 31.3 Å². The average molecular weight is 306 g/mol. The zero-order chi connectivity index (χ0) is 16.0. The first-order valence-corrected chi connectivity index (χ1v) is 7.85. The molecule has 0 aliphatic rings. The molecule has 0 aliphatic heterocycles. The van der Waals surface area contributed by atoms with Gasteiger partial charge in [0, 0.05) is 26.6 Å². The monoisotopic (exact) mass is 306 g/mol. The van der Waals surface area contributed by atoms with Gasteiger partial charge in [-0.25, -0.2) is 13.2 Å². The summed E-state index contributed by atoms with van der Waals surface area (Å²) < 4.78 is 26.7. The molecule has 0 atom stereocenters. The summed E-state index contributed by atoms with van der Waals surface area (Å²) in [6, 6.07) is 0. The summed E-state index contributed by atoms with van der Waals surface area (Å²) in [7, 11) is -3.62. The number of alkyl carbamates (subject to hydrolysis) is 1. The Balaban J connectivity index is 4.17. The van der Waals surface area contributed by atoms with E-state index < -0.39 is 21.5 Å². The van der Waals surface area contributed by atoms with E-state index in [9.17, 15) is 18.0 Å². The first-order valence-electron chi connectivity index (χ1n) is 6.13. The quantitative estimate of drug-likeness (QED) is 0.769. The standard InChI is InChI=1S/C12H22N2O5S/c1-10(15)14(8-9-20(5,17)18)7-6-13-11(16)19-12(2,3)4/h5H,6-9H2,1-4H3,(H,13,16). The van der Waals surface area contributed by atoms with E-state index in [1.165, 1.54) is 11.8 Å². The maximum atomic E-state index is 11.4. The van der Waals surface area contributed by atoms with Crippen LogP contribution in [0, 0.1) is 6.26 Å². The number of carbonyl (C=O) groups excluding carboxylic acids is 2. The van der Waals surface area contributed by atoms with Crippen molar-refractivity contribution in [2.75, 3.05) is 25.4 Å². The van der Waals surface area contributed by atoms with Crippen LogP contribution < -0.4 is 5.32 Å². The van der Waals surface area contributed by atoms with Crippen LogP contribution in [0.2, 0.25) is 0 Å². The van der Waals surface area contributed by atoms with Gasteiger partial charge in [-0.05, 0) is 20.8 Å². The van der Waals surface area contributed by atoms with Crippen LogP contribution in [0.15, 0.2) is 0 Å². The zero-order valence-electron chi connectivity index (χ0n) is 12.3. The van der Waals surface area contributed by atoms with Gasteiger partial charge in [0.2, 0.25) is 5.91 Å². The highest BCUT2D eigenvalue weighted by Crippen LogP contribution is 2.06. The van der Waals surface area contributed by atoms with Crippen LogP contribution in [0.25, 0.3) is 0 Å². The second-order valence-corrected chi connectivity index (χ2v) is 7.04. The highest BCUT2D eigenvalue weighted by Gasteiger charge is 2.17.